The molecule has 2 N–H and O–H groups in total. The smallest absolute Gasteiger partial charge is 0.325 e. The average Bonchev–Trinajstić information content (AvgIpc) is 3.16. The summed E-state index contributed by atoms with van der Waals surface area (Å²) in [5, 5.41) is 5.56. The number of amides is 4. The van der Waals surface area contributed by atoms with E-state index in [0.717, 1.165) is 28.1 Å². The van der Waals surface area contributed by atoms with Crippen LogP contribution in [0.5, 0.6) is 0 Å². The predicted molar refractivity (Wildman–Crippen MR) is 97.6 cm³/mol. The molecule has 1 aliphatic heterocycles. The van der Waals surface area contributed by atoms with Crippen LogP contribution in [0.15, 0.2) is 48.7 Å². The Labute approximate surface area is 156 Å². The highest BCUT2D eigenvalue weighted by Gasteiger charge is 2.55. The second-order valence-electron chi connectivity index (χ2n) is 6.80. The van der Waals surface area contributed by atoms with E-state index in [2.05, 4.69) is 15.6 Å². The fourth-order valence-corrected chi connectivity index (χ4v) is 3.81. The van der Waals surface area contributed by atoms with Crippen molar-refractivity contribution in [2.45, 2.75) is 24.8 Å². The van der Waals surface area contributed by atoms with E-state index in [1.807, 2.05) is 42.5 Å². The van der Waals surface area contributed by atoms with Gasteiger partial charge in [0.05, 0.1) is 0 Å². The second kappa shape index (κ2) is 6.83. The topological polar surface area (TPSA) is 91.4 Å². The van der Waals surface area contributed by atoms with E-state index in [1.165, 1.54) is 0 Å². The van der Waals surface area contributed by atoms with Gasteiger partial charge in [-0.25, -0.2) is 4.79 Å². The molecule has 0 bridgehead atoms. The zero-order chi connectivity index (χ0) is 18.9. The van der Waals surface area contributed by atoms with Crippen molar-refractivity contribution in [1.29, 1.82) is 0 Å². The molecule has 4 rings (SSSR count). The summed E-state index contributed by atoms with van der Waals surface area (Å²) in [5.41, 5.74) is 1.74. The maximum Gasteiger partial charge on any atom is 0.325 e. The highest BCUT2D eigenvalue weighted by Crippen LogP contribution is 2.41. The molecular formula is C20H20N4O3. The normalized spacial score (nSPS) is 20.7. The average molecular weight is 364 g/mol. The van der Waals surface area contributed by atoms with Gasteiger partial charge < -0.3 is 10.6 Å². The van der Waals surface area contributed by atoms with E-state index in [1.54, 1.807) is 6.20 Å². The molecule has 2 aliphatic rings. The van der Waals surface area contributed by atoms with E-state index >= 15 is 0 Å². The Kier molecular flexibility index (Phi) is 4.35. The van der Waals surface area contributed by atoms with Crippen LogP contribution in [-0.2, 0) is 28.0 Å². The molecule has 7 heteroatoms. The van der Waals surface area contributed by atoms with Crippen molar-refractivity contribution in [3.8, 4) is 0 Å². The molecule has 2 aromatic rings. The number of urea groups is 1. The van der Waals surface area contributed by atoms with Crippen molar-refractivity contribution >= 4 is 17.8 Å². The quantitative estimate of drug-likeness (QED) is 0.778. The number of aryl methyl sites for hydroxylation is 1. The minimum absolute atomic E-state index is 0.281. The number of carbonyl (C=O) groups excluding carboxylic acids is 3. The lowest BCUT2D eigenvalue weighted by molar-refractivity contribution is -0.135. The maximum absolute atomic E-state index is 13.0. The minimum Gasteiger partial charge on any atom is -0.354 e. The number of pyridine rings is 1. The zero-order valence-corrected chi connectivity index (χ0v) is 14.8. The van der Waals surface area contributed by atoms with Crippen molar-refractivity contribution in [3.05, 3.63) is 65.5 Å². The molecule has 1 aliphatic carbocycles. The first kappa shape index (κ1) is 17.2. The number of aromatic nitrogens is 1. The summed E-state index contributed by atoms with van der Waals surface area (Å²) < 4.78 is 0. The first-order chi connectivity index (χ1) is 13.1. The summed E-state index contributed by atoms with van der Waals surface area (Å²) in [6, 6.07) is 12.7. The summed E-state index contributed by atoms with van der Waals surface area (Å²) in [6.07, 6.45) is 3.54. The van der Waals surface area contributed by atoms with E-state index in [9.17, 15) is 14.4 Å². The highest BCUT2D eigenvalue weighted by atomic mass is 16.2. The van der Waals surface area contributed by atoms with Crippen molar-refractivity contribution < 1.29 is 14.4 Å². The van der Waals surface area contributed by atoms with Crippen LogP contribution in [0, 0.1) is 0 Å². The Balaban J connectivity index is 1.39. The van der Waals surface area contributed by atoms with Gasteiger partial charge in [0.15, 0.2) is 0 Å². The number of imide groups is 1. The third-order valence-corrected chi connectivity index (χ3v) is 5.15. The van der Waals surface area contributed by atoms with Crippen LogP contribution in [-0.4, -0.2) is 40.8 Å². The van der Waals surface area contributed by atoms with E-state index in [-0.39, 0.29) is 18.4 Å². The maximum atomic E-state index is 13.0. The number of carbonyl (C=O) groups is 3. The standard InChI is InChI=1S/C20H20N4O3/c25-17(22-12-9-15-6-3-4-11-21-15)13-24-18(26)20(23-19(24)27)10-8-14-5-1-2-7-16(14)20/h1-7,11H,8-10,12-13H2,(H,22,25)(H,23,27)/t20-/m0/s1. The van der Waals surface area contributed by atoms with Gasteiger partial charge in [0.1, 0.15) is 12.1 Å². The van der Waals surface area contributed by atoms with E-state index in [0.29, 0.717) is 19.4 Å². The van der Waals surface area contributed by atoms with E-state index < -0.39 is 11.6 Å². The Morgan fingerprint density at radius 3 is 2.81 bits per heavy atom. The molecule has 2 heterocycles. The van der Waals surface area contributed by atoms with Crippen LogP contribution in [0.25, 0.3) is 0 Å². The molecule has 0 saturated carbocycles. The van der Waals surface area contributed by atoms with Gasteiger partial charge in [-0.3, -0.25) is 19.5 Å². The van der Waals surface area contributed by atoms with Gasteiger partial charge in [-0.05, 0) is 36.1 Å². The first-order valence-corrected chi connectivity index (χ1v) is 8.99. The Morgan fingerprint density at radius 1 is 1.19 bits per heavy atom. The summed E-state index contributed by atoms with van der Waals surface area (Å²) in [7, 11) is 0. The summed E-state index contributed by atoms with van der Waals surface area (Å²) >= 11 is 0. The highest BCUT2D eigenvalue weighted by molar-refractivity contribution is 6.09. The summed E-state index contributed by atoms with van der Waals surface area (Å²) in [6.45, 7) is 0.115. The third kappa shape index (κ3) is 3.05. The van der Waals surface area contributed by atoms with Crippen LogP contribution in [0.4, 0.5) is 4.79 Å². The molecule has 1 atom stereocenters. The van der Waals surface area contributed by atoms with Gasteiger partial charge in [0.25, 0.3) is 5.91 Å². The van der Waals surface area contributed by atoms with Crippen LogP contribution in [0.3, 0.4) is 0 Å². The number of rotatable bonds is 5. The molecule has 7 nitrogen and oxygen atoms in total. The summed E-state index contributed by atoms with van der Waals surface area (Å²) in [5.74, 6) is -0.713. The number of fused-ring (bicyclic) bond motifs is 2. The number of nitrogens with zero attached hydrogens (tertiary/aromatic N) is 2. The van der Waals surface area contributed by atoms with Crippen LogP contribution in [0.2, 0.25) is 0 Å². The zero-order valence-electron chi connectivity index (χ0n) is 14.8. The number of hydrogen-bond donors (Lipinski definition) is 2. The molecule has 27 heavy (non-hydrogen) atoms. The monoisotopic (exact) mass is 364 g/mol. The molecule has 0 radical (unpaired) electrons. The van der Waals surface area contributed by atoms with Gasteiger partial charge in [-0.1, -0.05) is 30.3 Å². The number of hydrogen-bond acceptors (Lipinski definition) is 4. The molecule has 1 fully saturated rings. The molecule has 0 unspecified atom stereocenters. The predicted octanol–water partition coefficient (Wildman–Crippen LogP) is 1.13. The molecule has 1 aromatic heterocycles. The van der Waals surface area contributed by atoms with Crippen LogP contribution < -0.4 is 10.6 Å². The largest absolute Gasteiger partial charge is 0.354 e. The lowest BCUT2D eigenvalue weighted by Gasteiger charge is -2.22. The molecule has 1 aromatic carbocycles. The number of benzene rings is 1. The van der Waals surface area contributed by atoms with Crippen LogP contribution >= 0.6 is 0 Å². The summed E-state index contributed by atoms with van der Waals surface area (Å²) in [4.78, 5) is 42.8. The fourth-order valence-electron chi connectivity index (χ4n) is 3.81. The van der Waals surface area contributed by atoms with Gasteiger partial charge in [0, 0.05) is 24.9 Å². The molecular weight excluding hydrogens is 344 g/mol. The third-order valence-electron chi connectivity index (χ3n) is 5.15. The first-order valence-electron chi connectivity index (χ1n) is 8.99. The Bertz CT molecular complexity index is 899. The van der Waals surface area contributed by atoms with Gasteiger partial charge >= 0.3 is 6.03 Å². The Hall–Kier alpha value is -3.22. The van der Waals surface area contributed by atoms with Crippen molar-refractivity contribution in [3.63, 3.8) is 0 Å². The van der Waals surface area contributed by atoms with Crippen LogP contribution in [0.1, 0.15) is 23.2 Å². The second-order valence-corrected chi connectivity index (χ2v) is 6.80. The molecule has 138 valence electrons. The van der Waals surface area contributed by atoms with Gasteiger partial charge in [0.2, 0.25) is 5.91 Å². The van der Waals surface area contributed by atoms with Crippen molar-refractivity contribution in [1.82, 2.24) is 20.5 Å². The number of nitrogens with one attached hydrogen (secondary N) is 2. The van der Waals surface area contributed by atoms with Crippen molar-refractivity contribution in [2.24, 2.45) is 0 Å². The molecule has 4 amide bonds. The Morgan fingerprint density at radius 2 is 2.00 bits per heavy atom. The molecule has 1 spiro atoms. The van der Waals surface area contributed by atoms with Gasteiger partial charge in [-0.2, -0.15) is 0 Å². The molecule has 1 saturated heterocycles. The lowest BCUT2D eigenvalue weighted by Crippen LogP contribution is -2.44. The lowest BCUT2D eigenvalue weighted by atomic mass is 9.92. The SMILES string of the molecule is O=C(CN1C(=O)N[C@]2(CCc3ccccc32)C1=O)NCCc1ccccn1. The minimum atomic E-state index is -1.03. The fraction of sp³-hybridized carbons (Fsp3) is 0.300. The van der Waals surface area contributed by atoms with Crippen molar-refractivity contribution in [2.75, 3.05) is 13.1 Å². The van der Waals surface area contributed by atoms with Gasteiger partial charge in [-0.15, -0.1) is 0 Å². The van der Waals surface area contributed by atoms with E-state index in [4.69, 9.17) is 0 Å².